The van der Waals surface area contributed by atoms with Crippen molar-refractivity contribution in [3.8, 4) is 0 Å². The standard InChI is InChI=1S/C21H26N6O2/c1-11(2)17-23-20(29-26-17)21-7-5-6-14(21)9-27(10-21)19(28)15-8-12(3)22-18-16(15)13(4)24-25-18/h8,11,14H,5-7,9-10H2,1-4H3,(H,22,24,25)/t14-,21-/m1/s1. The van der Waals surface area contributed by atoms with Crippen molar-refractivity contribution < 1.29 is 9.32 Å². The molecular weight excluding hydrogens is 368 g/mol. The van der Waals surface area contributed by atoms with Crippen molar-refractivity contribution in [2.75, 3.05) is 13.1 Å². The first-order valence-corrected chi connectivity index (χ1v) is 10.3. The SMILES string of the molecule is Cc1cc(C(=O)N2C[C@H]3CCC[C@@]3(c3nc(C(C)C)no3)C2)c2c(C)[nH]nc2n1. The first-order chi connectivity index (χ1) is 13.9. The van der Waals surface area contributed by atoms with Gasteiger partial charge in [-0.25, -0.2) is 4.98 Å². The third-order valence-corrected chi connectivity index (χ3v) is 6.61. The molecule has 2 atom stereocenters. The Hall–Kier alpha value is -2.77. The summed E-state index contributed by atoms with van der Waals surface area (Å²) in [6, 6.07) is 1.87. The number of nitrogens with zero attached hydrogens (tertiary/aromatic N) is 5. The summed E-state index contributed by atoms with van der Waals surface area (Å²) in [4.78, 5) is 24.7. The minimum Gasteiger partial charge on any atom is -0.339 e. The van der Waals surface area contributed by atoms with Gasteiger partial charge >= 0.3 is 0 Å². The molecule has 2 aliphatic rings. The summed E-state index contributed by atoms with van der Waals surface area (Å²) in [7, 11) is 0. The zero-order valence-corrected chi connectivity index (χ0v) is 17.3. The molecule has 4 heterocycles. The summed E-state index contributed by atoms with van der Waals surface area (Å²) in [5, 5.41) is 12.2. The highest BCUT2D eigenvalue weighted by atomic mass is 16.5. The van der Waals surface area contributed by atoms with E-state index < -0.39 is 0 Å². The highest BCUT2D eigenvalue weighted by Gasteiger charge is 2.55. The number of aromatic nitrogens is 5. The van der Waals surface area contributed by atoms with Crippen LogP contribution >= 0.6 is 0 Å². The van der Waals surface area contributed by atoms with Crippen molar-refractivity contribution in [1.29, 1.82) is 0 Å². The van der Waals surface area contributed by atoms with Gasteiger partial charge in [0.15, 0.2) is 11.5 Å². The lowest BCUT2D eigenvalue weighted by Crippen LogP contribution is -2.35. The number of carbonyl (C=O) groups is 1. The molecule has 0 unspecified atom stereocenters. The summed E-state index contributed by atoms with van der Waals surface area (Å²) in [6.45, 7) is 9.29. The third kappa shape index (κ3) is 2.68. The van der Waals surface area contributed by atoms with E-state index in [9.17, 15) is 4.79 Å². The number of likely N-dealkylation sites (tertiary alicyclic amines) is 1. The fourth-order valence-corrected chi connectivity index (χ4v) is 5.10. The van der Waals surface area contributed by atoms with E-state index in [4.69, 9.17) is 9.51 Å². The van der Waals surface area contributed by atoms with E-state index in [2.05, 4.69) is 34.2 Å². The lowest BCUT2D eigenvalue weighted by Gasteiger charge is -2.24. The number of aryl methyl sites for hydroxylation is 2. The van der Waals surface area contributed by atoms with Crippen molar-refractivity contribution in [2.45, 2.75) is 58.3 Å². The second-order valence-electron chi connectivity index (χ2n) is 8.90. The first-order valence-electron chi connectivity index (χ1n) is 10.3. The minimum absolute atomic E-state index is 0.0300. The monoisotopic (exact) mass is 394 g/mol. The number of H-pyrrole nitrogens is 1. The Morgan fingerprint density at radius 3 is 2.93 bits per heavy atom. The molecule has 5 rings (SSSR count). The predicted octanol–water partition coefficient (Wildman–Crippen LogP) is 3.28. The second kappa shape index (κ2) is 6.37. The van der Waals surface area contributed by atoms with Crippen molar-refractivity contribution in [3.05, 3.63) is 34.7 Å². The predicted molar refractivity (Wildman–Crippen MR) is 107 cm³/mol. The van der Waals surface area contributed by atoms with Gasteiger partial charge in [-0.3, -0.25) is 9.89 Å². The number of hydrogen-bond acceptors (Lipinski definition) is 6. The number of hydrogen-bond donors (Lipinski definition) is 1. The molecule has 1 aliphatic carbocycles. The van der Waals surface area contributed by atoms with Crippen LogP contribution in [0.4, 0.5) is 0 Å². The molecular formula is C21H26N6O2. The van der Waals surface area contributed by atoms with Gasteiger partial charge in [-0.2, -0.15) is 10.1 Å². The molecule has 1 saturated carbocycles. The molecule has 1 amide bonds. The van der Waals surface area contributed by atoms with Crippen molar-refractivity contribution in [2.24, 2.45) is 5.92 Å². The van der Waals surface area contributed by atoms with E-state index in [1.165, 1.54) is 0 Å². The van der Waals surface area contributed by atoms with Crippen LogP contribution in [0.1, 0.15) is 72.5 Å². The van der Waals surface area contributed by atoms with Crippen LogP contribution in [0.3, 0.4) is 0 Å². The maximum Gasteiger partial charge on any atom is 0.254 e. The van der Waals surface area contributed by atoms with Gasteiger partial charge in [0.05, 0.1) is 16.4 Å². The number of carbonyl (C=O) groups excluding carboxylic acids is 1. The molecule has 8 nitrogen and oxygen atoms in total. The lowest BCUT2D eigenvalue weighted by atomic mass is 9.80. The Labute approximate surface area is 169 Å². The van der Waals surface area contributed by atoms with Crippen molar-refractivity contribution >= 4 is 16.9 Å². The van der Waals surface area contributed by atoms with Gasteiger partial charge in [0, 0.05) is 30.4 Å². The fourth-order valence-electron chi connectivity index (χ4n) is 5.10. The lowest BCUT2D eigenvalue weighted by molar-refractivity contribution is 0.0776. The van der Waals surface area contributed by atoms with Crippen LogP contribution in [0.5, 0.6) is 0 Å². The van der Waals surface area contributed by atoms with Gasteiger partial charge in [-0.1, -0.05) is 25.4 Å². The molecule has 0 spiro atoms. The molecule has 29 heavy (non-hydrogen) atoms. The molecule has 1 N–H and O–H groups in total. The van der Waals surface area contributed by atoms with E-state index in [-0.39, 0.29) is 17.2 Å². The fraction of sp³-hybridized carbons (Fsp3) is 0.571. The number of pyridine rings is 1. The second-order valence-corrected chi connectivity index (χ2v) is 8.90. The Morgan fingerprint density at radius 1 is 1.34 bits per heavy atom. The topological polar surface area (TPSA) is 101 Å². The van der Waals surface area contributed by atoms with Gasteiger partial charge in [-0.05, 0) is 38.7 Å². The normalized spacial score (nSPS) is 24.0. The van der Waals surface area contributed by atoms with E-state index in [0.29, 0.717) is 29.6 Å². The Morgan fingerprint density at radius 2 is 2.17 bits per heavy atom. The molecule has 3 aromatic rings. The van der Waals surface area contributed by atoms with Crippen LogP contribution in [0.15, 0.2) is 10.6 Å². The quantitative estimate of drug-likeness (QED) is 0.732. The Bertz CT molecular complexity index is 1100. The minimum atomic E-state index is -0.220. The largest absolute Gasteiger partial charge is 0.339 e. The summed E-state index contributed by atoms with van der Waals surface area (Å²) < 4.78 is 5.72. The third-order valence-electron chi connectivity index (χ3n) is 6.61. The summed E-state index contributed by atoms with van der Waals surface area (Å²) in [6.07, 6.45) is 3.20. The molecule has 152 valence electrons. The van der Waals surface area contributed by atoms with Crippen molar-refractivity contribution in [3.63, 3.8) is 0 Å². The number of amides is 1. The van der Waals surface area contributed by atoms with Gasteiger partial charge in [0.1, 0.15) is 0 Å². The number of nitrogens with one attached hydrogen (secondary N) is 1. The maximum atomic E-state index is 13.6. The molecule has 0 aromatic carbocycles. The van der Waals surface area contributed by atoms with Crippen LogP contribution in [-0.4, -0.2) is 49.2 Å². The maximum absolute atomic E-state index is 13.6. The van der Waals surface area contributed by atoms with Gasteiger partial charge in [-0.15, -0.1) is 0 Å². The Kier molecular flexibility index (Phi) is 4.01. The smallest absolute Gasteiger partial charge is 0.254 e. The molecule has 1 aliphatic heterocycles. The van der Waals surface area contributed by atoms with Crippen LogP contribution in [0.2, 0.25) is 0 Å². The highest BCUT2D eigenvalue weighted by Crippen LogP contribution is 2.50. The summed E-state index contributed by atoms with van der Waals surface area (Å²) in [5.74, 6) is 2.05. The number of fused-ring (bicyclic) bond motifs is 2. The first kappa shape index (κ1) is 18.3. The molecule has 0 bridgehead atoms. The zero-order chi connectivity index (χ0) is 20.3. The molecule has 0 radical (unpaired) electrons. The number of rotatable bonds is 3. The summed E-state index contributed by atoms with van der Waals surface area (Å²) >= 11 is 0. The average Bonchev–Trinajstić information content (AvgIpc) is 3.42. The van der Waals surface area contributed by atoms with Crippen LogP contribution < -0.4 is 0 Å². The molecule has 3 aromatic heterocycles. The summed E-state index contributed by atoms with van der Waals surface area (Å²) in [5.41, 5.74) is 2.70. The average molecular weight is 394 g/mol. The van der Waals surface area contributed by atoms with E-state index in [1.807, 2.05) is 24.8 Å². The highest BCUT2D eigenvalue weighted by molar-refractivity contribution is 6.06. The number of aromatic amines is 1. The van der Waals surface area contributed by atoms with Crippen molar-refractivity contribution in [1.82, 2.24) is 30.2 Å². The molecule has 2 fully saturated rings. The molecule has 8 heteroatoms. The Balaban J connectivity index is 1.51. The van der Waals surface area contributed by atoms with Crippen LogP contribution in [-0.2, 0) is 5.41 Å². The van der Waals surface area contributed by atoms with Crippen LogP contribution in [0.25, 0.3) is 11.0 Å². The van der Waals surface area contributed by atoms with Gasteiger partial charge < -0.3 is 9.42 Å². The van der Waals surface area contributed by atoms with Gasteiger partial charge in [0.2, 0.25) is 5.89 Å². The van der Waals surface area contributed by atoms with E-state index in [0.717, 1.165) is 48.4 Å². The van der Waals surface area contributed by atoms with E-state index >= 15 is 0 Å². The zero-order valence-electron chi connectivity index (χ0n) is 17.3. The van der Waals surface area contributed by atoms with Gasteiger partial charge in [0.25, 0.3) is 5.91 Å². The van der Waals surface area contributed by atoms with Crippen LogP contribution in [0, 0.1) is 19.8 Å². The van der Waals surface area contributed by atoms with E-state index in [1.54, 1.807) is 0 Å². The molecule has 1 saturated heterocycles.